The van der Waals surface area contributed by atoms with Crippen molar-refractivity contribution in [2.24, 2.45) is 0 Å². The van der Waals surface area contributed by atoms with Crippen LogP contribution >= 0.6 is 15.9 Å². The molecule has 0 unspecified atom stereocenters. The highest BCUT2D eigenvalue weighted by molar-refractivity contribution is 9.10. The first kappa shape index (κ1) is 24.2. The Balaban J connectivity index is 1.45. The molecule has 1 fully saturated rings. The summed E-state index contributed by atoms with van der Waals surface area (Å²) in [5, 5.41) is 2.22. The maximum atomic E-state index is 13.0. The van der Waals surface area contributed by atoms with Gasteiger partial charge >= 0.3 is 6.03 Å². The van der Waals surface area contributed by atoms with E-state index < -0.39 is 17.8 Å². The number of nitrogens with one attached hydrogen (secondary N) is 1. The number of carbonyl (C=O) groups excluding carboxylic acids is 3. The van der Waals surface area contributed by atoms with Crippen LogP contribution in [0, 0.1) is 13.8 Å². The molecule has 0 atom stereocenters. The molecule has 0 spiro atoms. The van der Waals surface area contributed by atoms with E-state index in [4.69, 9.17) is 9.47 Å². The van der Waals surface area contributed by atoms with Gasteiger partial charge in [-0.15, -0.1) is 0 Å². The Bertz CT molecular complexity index is 1300. The standard InChI is InChI=1S/C27H23BrN2O5/c1-17-12-18(2)14-23(13-17)35-11-10-34-22-5-3-4-19(15-22)16-24-25(31)29-27(33)30(26(24)32)21-8-6-20(28)7-9-21/h3-9,12-16H,10-11H2,1-2H3,(H,29,31,33). The average molecular weight is 535 g/mol. The molecule has 0 radical (unpaired) electrons. The summed E-state index contributed by atoms with van der Waals surface area (Å²) in [6, 6.07) is 18.9. The van der Waals surface area contributed by atoms with Crippen molar-refractivity contribution in [1.82, 2.24) is 5.32 Å². The fraction of sp³-hybridized carbons (Fsp3) is 0.148. The molecule has 1 saturated heterocycles. The fourth-order valence-electron chi connectivity index (χ4n) is 3.68. The largest absolute Gasteiger partial charge is 0.490 e. The first-order valence-corrected chi connectivity index (χ1v) is 11.7. The minimum absolute atomic E-state index is 0.150. The zero-order valence-corrected chi connectivity index (χ0v) is 20.8. The van der Waals surface area contributed by atoms with Crippen LogP contribution in [-0.2, 0) is 9.59 Å². The molecule has 0 bridgehead atoms. The minimum atomic E-state index is -0.791. The van der Waals surface area contributed by atoms with E-state index in [-0.39, 0.29) is 5.57 Å². The molecule has 7 nitrogen and oxygen atoms in total. The molecule has 4 rings (SSSR count). The quantitative estimate of drug-likeness (QED) is 0.256. The van der Waals surface area contributed by atoms with Gasteiger partial charge in [0.1, 0.15) is 30.3 Å². The number of rotatable bonds is 7. The summed E-state index contributed by atoms with van der Waals surface area (Å²) in [6.45, 7) is 4.71. The number of imide groups is 2. The van der Waals surface area contributed by atoms with E-state index in [1.807, 2.05) is 26.0 Å². The Morgan fingerprint density at radius 2 is 1.51 bits per heavy atom. The Hall–Kier alpha value is -3.91. The molecule has 35 heavy (non-hydrogen) atoms. The van der Waals surface area contributed by atoms with E-state index in [0.29, 0.717) is 30.2 Å². The summed E-state index contributed by atoms with van der Waals surface area (Å²) in [6.07, 6.45) is 1.44. The van der Waals surface area contributed by atoms with Crippen LogP contribution in [-0.4, -0.2) is 31.1 Å². The van der Waals surface area contributed by atoms with E-state index in [1.165, 1.54) is 6.08 Å². The third-order valence-corrected chi connectivity index (χ3v) is 5.70. The predicted octanol–water partition coefficient (Wildman–Crippen LogP) is 5.19. The summed E-state index contributed by atoms with van der Waals surface area (Å²) in [5.74, 6) is -0.0973. The zero-order valence-electron chi connectivity index (χ0n) is 19.2. The smallest absolute Gasteiger partial charge is 0.335 e. The molecule has 0 saturated carbocycles. The van der Waals surface area contributed by atoms with Crippen LogP contribution in [0.1, 0.15) is 16.7 Å². The summed E-state index contributed by atoms with van der Waals surface area (Å²) in [4.78, 5) is 38.7. The summed E-state index contributed by atoms with van der Waals surface area (Å²) >= 11 is 3.32. The number of halogens is 1. The molecular formula is C27H23BrN2O5. The summed E-state index contributed by atoms with van der Waals surface area (Å²) in [5.41, 5.74) is 3.05. The third kappa shape index (κ3) is 5.96. The van der Waals surface area contributed by atoms with Crippen LogP contribution in [0.4, 0.5) is 10.5 Å². The number of barbiturate groups is 1. The van der Waals surface area contributed by atoms with Crippen molar-refractivity contribution in [2.75, 3.05) is 18.1 Å². The van der Waals surface area contributed by atoms with Gasteiger partial charge in [-0.2, -0.15) is 0 Å². The van der Waals surface area contributed by atoms with Gasteiger partial charge in [-0.1, -0.05) is 34.1 Å². The van der Waals surface area contributed by atoms with Gasteiger partial charge in [0.05, 0.1) is 5.69 Å². The Labute approximate surface area is 211 Å². The first-order chi connectivity index (χ1) is 16.8. The molecule has 178 valence electrons. The lowest BCUT2D eigenvalue weighted by atomic mass is 10.1. The normalized spacial score (nSPS) is 14.8. The average Bonchev–Trinajstić information content (AvgIpc) is 2.80. The Morgan fingerprint density at radius 1 is 0.857 bits per heavy atom. The topological polar surface area (TPSA) is 84.9 Å². The number of urea groups is 1. The molecule has 3 aromatic rings. The molecule has 1 aliphatic rings. The molecule has 8 heteroatoms. The van der Waals surface area contributed by atoms with Crippen LogP contribution in [0.25, 0.3) is 6.08 Å². The van der Waals surface area contributed by atoms with E-state index in [1.54, 1.807) is 48.5 Å². The van der Waals surface area contributed by atoms with Crippen molar-refractivity contribution in [3.05, 3.63) is 93.5 Å². The Kier molecular flexibility index (Phi) is 7.31. The fourth-order valence-corrected chi connectivity index (χ4v) is 3.94. The van der Waals surface area contributed by atoms with Crippen molar-refractivity contribution in [3.63, 3.8) is 0 Å². The Morgan fingerprint density at radius 3 is 2.20 bits per heavy atom. The van der Waals surface area contributed by atoms with Gasteiger partial charge in [-0.05, 0) is 85.1 Å². The lowest BCUT2D eigenvalue weighted by Gasteiger charge is -2.26. The van der Waals surface area contributed by atoms with Crippen molar-refractivity contribution < 1.29 is 23.9 Å². The van der Waals surface area contributed by atoms with Crippen LogP contribution in [0.5, 0.6) is 11.5 Å². The second kappa shape index (κ2) is 10.6. The molecule has 4 amide bonds. The van der Waals surface area contributed by atoms with E-state index >= 15 is 0 Å². The van der Waals surface area contributed by atoms with Crippen LogP contribution < -0.4 is 19.7 Å². The van der Waals surface area contributed by atoms with Gasteiger partial charge in [0.25, 0.3) is 11.8 Å². The number of carbonyl (C=O) groups is 3. The first-order valence-electron chi connectivity index (χ1n) is 10.9. The van der Waals surface area contributed by atoms with Crippen LogP contribution in [0.15, 0.2) is 76.8 Å². The highest BCUT2D eigenvalue weighted by Gasteiger charge is 2.36. The van der Waals surface area contributed by atoms with Gasteiger partial charge in [0, 0.05) is 4.47 Å². The molecule has 0 aliphatic carbocycles. The van der Waals surface area contributed by atoms with Gasteiger partial charge in [-0.3, -0.25) is 14.9 Å². The third-order valence-electron chi connectivity index (χ3n) is 5.17. The molecular weight excluding hydrogens is 512 g/mol. The molecule has 1 heterocycles. The monoisotopic (exact) mass is 534 g/mol. The van der Waals surface area contributed by atoms with Crippen LogP contribution in [0.3, 0.4) is 0 Å². The summed E-state index contributed by atoms with van der Waals surface area (Å²) < 4.78 is 12.3. The van der Waals surface area contributed by atoms with Crippen molar-refractivity contribution in [3.8, 4) is 11.5 Å². The maximum Gasteiger partial charge on any atom is 0.335 e. The zero-order chi connectivity index (χ0) is 24.9. The second-order valence-corrected chi connectivity index (χ2v) is 8.94. The summed E-state index contributed by atoms with van der Waals surface area (Å²) in [7, 11) is 0. The molecule has 1 aliphatic heterocycles. The SMILES string of the molecule is Cc1cc(C)cc(OCCOc2cccc(C=C3C(=O)NC(=O)N(c4ccc(Br)cc4)C3=O)c2)c1. The number of ether oxygens (including phenoxy) is 2. The van der Waals surface area contributed by atoms with Crippen molar-refractivity contribution >= 4 is 45.5 Å². The lowest BCUT2D eigenvalue weighted by Crippen LogP contribution is -2.54. The highest BCUT2D eigenvalue weighted by Crippen LogP contribution is 2.24. The van der Waals surface area contributed by atoms with Crippen molar-refractivity contribution in [1.29, 1.82) is 0 Å². The number of benzene rings is 3. The van der Waals surface area contributed by atoms with Crippen molar-refractivity contribution in [2.45, 2.75) is 13.8 Å². The molecule has 3 aromatic carbocycles. The van der Waals surface area contributed by atoms with E-state index in [2.05, 4.69) is 27.3 Å². The number of aryl methyl sites for hydroxylation is 2. The molecule has 0 aromatic heterocycles. The number of hydrogen-bond acceptors (Lipinski definition) is 5. The van der Waals surface area contributed by atoms with E-state index in [0.717, 1.165) is 26.2 Å². The van der Waals surface area contributed by atoms with Crippen LogP contribution in [0.2, 0.25) is 0 Å². The van der Waals surface area contributed by atoms with E-state index in [9.17, 15) is 14.4 Å². The number of amides is 4. The second-order valence-electron chi connectivity index (χ2n) is 8.03. The highest BCUT2D eigenvalue weighted by atomic mass is 79.9. The van der Waals surface area contributed by atoms with Gasteiger partial charge < -0.3 is 9.47 Å². The maximum absolute atomic E-state index is 13.0. The molecule has 1 N–H and O–H groups in total. The number of anilines is 1. The minimum Gasteiger partial charge on any atom is -0.490 e. The van der Waals surface area contributed by atoms with Gasteiger partial charge in [0.2, 0.25) is 0 Å². The van der Waals surface area contributed by atoms with Gasteiger partial charge in [-0.25, -0.2) is 9.69 Å². The number of nitrogens with zero attached hydrogens (tertiary/aromatic N) is 1. The predicted molar refractivity (Wildman–Crippen MR) is 136 cm³/mol. The lowest BCUT2D eigenvalue weighted by molar-refractivity contribution is -0.122. The van der Waals surface area contributed by atoms with Gasteiger partial charge in [0.15, 0.2) is 0 Å². The number of hydrogen-bond donors (Lipinski definition) is 1.